The van der Waals surface area contributed by atoms with Gasteiger partial charge in [0.1, 0.15) is 5.76 Å². The molecule has 0 unspecified atom stereocenters. The Morgan fingerprint density at radius 3 is 2.61 bits per heavy atom. The zero-order valence-electron chi connectivity index (χ0n) is 14.0. The lowest BCUT2D eigenvalue weighted by atomic mass is 10.1. The molecule has 2 heterocycles. The first-order chi connectivity index (χ1) is 11.2. The highest BCUT2D eigenvalue weighted by molar-refractivity contribution is 5.94. The van der Waals surface area contributed by atoms with Gasteiger partial charge in [-0.2, -0.15) is 0 Å². The first-order valence-corrected chi connectivity index (χ1v) is 8.80. The Labute approximate surface area is 137 Å². The molecule has 2 aliphatic rings. The second-order valence-electron chi connectivity index (χ2n) is 6.62. The third-order valence-corrected chi connectivity index (χ3v) is 4.88. The summed E-state index contributed by atoms with van der Waals surface area (Å²) in [5.74, 6) is 0.652. The van der Waals surface area contributed by atoms with Crippen molar-refractivity contribution in [2.24, 2.45) is 0 Å². The van der Waals surface area contributed by atoms with Crippen LogP contribution in [-0.2, 0) is 11.3 Å². The van der Waals surface area contributed by atoms with Crippen LogP contribution in [0.1, 0.15) is 60.3 Å². The monoisotopic (exact) mass is 321 g/mol. The third kappa shape index (κ3) is 4.32. The van der Waals surface area contributed by atoms with Gasteiger partial charge in [0.25, 0.3) is 5.91 Å². The molecule has 0 radical (unpaired) electrons. The number of morpholine rings is 1. The number of aryl methyl sites for hydroxylation is 1. The molecule has 1 aliphatic carbocycles. The number of hydrogen-bond donors (Lipinski definition) is 1. The third-order valence-electron chi connectivity index (χ3n) is 4.88. The average Bonchev–Trinajstić information content (AvgIpc) is 2.76. The largest absolute Gasteiger partial charge is 0.379 e. The van der Waals surface area contributed by atoms with Crippen molar-refractivity contribution >= 4 is 5.91 Å². The van der Waals surface area contributed by atoms with Crippen LogP contribution in [0.3, 0.4) is 0 Å². The van der Waals surface area contributed by atoms with E-state index >= 15 is 0 Å². The van der Waals surface area contributed by atoms with Crippen LogP contribution in [-0.4, -0.2) is 48.3 Å². The van der Waals surface area contributed by atoms with Crippen molar-refractivity contribution in [3.8, 4) is 0 Å². The molecular formula is C17H27N3O3. The minimum Gasteiger partial charge on any atom is -0.379 e. The average molecular weight is 321 g/mol. The highest BCUT2D eigenvalue weighted by Gasteiger charge is 2.24. The van der Waals surface area contributed by atoms with Gasteiger partial charge in [-0.25, -0.2) is 0 Å². The lowest BCUT2D eigenvalue weighted by Gasteiger charge is -2.26. The highest BCUT2D eigenvalue weighted by Crippen LogP contribution is 2.20. The van der Waals surface area contributed by atoms with Gasteiger partial charge >= 0.3 is 0 Å². The summed E-state index contributed by atoms with van der Waals surface area (Å²) in [6.07, 6.45) is 7.09. The van der Waals surface area contributed by atoms with Crippen LogP contribution in [0.5, 0.6) is 0 Å². The smallest absolute Gasteiger partial charge is 0.274 e. The molecule has 1 aliphatic heterocycles. The molecule has 0 bridgehead atoms. The van der Waals surface area contributed by atoms with Crippen LogP contribution in [0.2, 0.25) is 0 Å². The summed E-state index contributed by atoms with van der Waals surface area (Å²) < 4.78 is 10.7. The Balaban J connectivity index is 1.65. The van der Waals surface area contributed by atoms with Gasteiger partial charge in [-0.1, -0.05) is 30.8 Å². The van der Waals surface area contributed by atoms with Crippen molar-refractivity contribution in [1.82, 2.24) is 15.4 Å². The van der Waals surface area contributed by atoms with E-state index in [0.29, 0.717) is 12.2 Å². The molecule has 1 amide bonds. The summed E-state index contributed by atoms with van der Waals surface area (Å²) in [7, 11) is 0. The van der Waals surface area contributed by atoms with Crippen molar-refractivity contribution in [2.45, 2.75) is 58.0 Å². The molecule has 1 saturated carbocycles. The Morgan fingerprint density at radius 2 is 1.91 bits per heavy atom. The van der Waals surface area contributed by atoms with Crippen LogP contribution >= 0.6 is 0 Å². The molecule has 1 saturated heterocycles. The molecule has 0 spiro atoms. The number of aromatic nitrogens is 1. The maximum atomic E-state index is 12.6. The summed E-state index contributed by atoms with van der Waals surface area (Å²) in [6, 6.07) is 0.276. The zero-order valence-corrected chi connectivity index (χ0v) is 14.0. The van der Waals surface area contributed by atoms with E-state index in [4.69, 9.17) is 9.26 Å². The SMILES string of the molecule is Cc1onc(C(=O)NC2CCCCCC2)c1CN1CCOCC1. The molecule has 0 aromatic carbocycles. The van der Waals surface area contributed by atoms with Gasteiger partial charge in [0.15, 0.2) is 5.69 Å². The number of rotatable bonds is 4. The fraction of sp³-hybridized carbons (Fsp3) is 0.765. The fourth-order valence-corrected chi connectivity index (χ4v) is 3.42. The number of carbonyl (C=O) groups is 1. The summed E-state index contributed by atoms with van der Waals surface area (Å²) in [6.45, 7) is 5.84. The number of hydrogen-bond acceptors (Lipinski definition) is 5. The maximum absolute atomic E-state index is 12.6. The summed E-state index contributed by atoms with van der Waals surface area (Å²) >= 11 is 0. The number of amides is 1. The predicted octanol–water partition coefficient (Wildman–Crippen LogP) is 2.27. The Kier molecular flexibility index (Phi) is 5.67. The second kappa shape index (κ2) is 7.93. The second-order valence-corrected chi connectivity index (χ2v) is 6.62. The van der Waals surface area contributed by atoms with Crippen molar-refractivity contribution in [2.75, 3.05) is 26.3 Å². The molecule has 6 nitrogen and oxygen atoms in total. The van der Waals surface area contributed by atoms with E-state index in [-0.39, 0.29) is 11.9 Å². The Bertz CT molecular complexity index is 515. The summed E-state index contributed by atoms with van der Waals surface area (Å²) in [4.78, 5) is 14.9. The van der Waals surface area contributed by atoms with E-state index < -0.39 is 0 Å². The molecule has 2 fully saturated rings. The molecular weight excluding hydrogens is 294 g/mol. The first kappa shape index (κ1) is 16.5. The van der Waals surface area contributed by atoms with Crippen LogP contribution in [0.15, 0.2) is 4.52 Å². The minimum atomic E-state index is -0.0861. The van der Waals surface area contributed by atoms with Crippen LogP contribution in [0.4, 0.5) is 0 Å². The molecule has 23 heavy (non-hydrogen) atoms. The van der Waals surface area contributed by atoms with Crippen molar-refractivity contribution < 1.29 is 14.1 Å². The lowest BCUT2D eigenvalue weighted by Crippen LogP contribution is -2.38. The molecule has 6 heteroatoms. The van der Waals surface area contributed by atoms with Gasteiger partial charge < -0.3 is 14.6 Å². The molecule has 1 N–H and O–H groups in total. The number of nitrogens with zero attached hydrogens (tertiary/aromatic N) is 2. The zero-order chi connectivity index (χ0) is 16.1. The quantitative estimate of drug-likeness (QED) is 0.862. The topological polar surface area (TPSA) is 67.6 Å². The highest BCUT2D eigenvalue weighted by atomic mass is 16.5. The summed E-state index contributed by atoms with van der Waals surface area (Å²) in [5.41, 5.74) is 1.37. The van der Waals surface area contributed by atoms with E-state index in [0.717, 1.165) is 50.5 Å². The van der Waals surface area contributed by atoms with Gasteiger partial charge in [0, 0.05) is 31.2 Å². The standard InChI is InChI=1S/C17H27N3O3/c1-13-15(12-20-8-10-22-11-9-20)16(19-23-13)17(21)18-14-6-4-2-3-5-7-14/h14H,2-12H2,1H3,(H,18,21). The number of carbonyl (C=O) groups excluding carboxylic acids is 1. The fourth-order valence-electron chi connectivity index (χ4n) is 3.42. The molecule has 128 valence electrons. The maximum Gasteiger partial charge on any atom is 0.274 e. The Hall–Kier alpha value is -1.40. The number of nitrogens with one attached hydrogen (secondary N) is 1. The van der Waals surface area contributed by atoms with Gasteiger partial charge in [0.2, 0.25) is 0 Å². The van der Waals surface area contributed by atoms with E-state index in [9.17, 15) is 4.79 Å². The number of ether oxygens (including phenoxy) is 1. The van der Waals surface area contributed by atoms with Gasteiger partial charge in [-0.05, 0) is 19.8 Å². The van der Waals surface area contributed by atoms with Crippen LogP contribution in [0, 0.1) is 6.92 Å². The van der Waals surface area contributed by atoms with E-state index in [1.54, 1.807) is 0 Å². The van der Waals surface area contributed by atoms with Crippen molar-refractivity contribution in [1.29, 1.82) is 0 Å². The normalized spacial score (nSPS) is 21.1. The molecule has 3 rings (SSSR count). The molecule has 1 aromatic heterocycles. The molecule has 1 aromatic rings. The van der Waals surface area contributed by atoms with Crippen LogP contribution < -0.4 is 5.32 Å². The Morgan fingerprint density at radius 1 is 1.22 bits per heavy atom. The minimum absolute atomic E-state index is 0.0861. The van der Waals surface area contributed by atoms with Crippen molar-refractivity contribution in [3.63, 3.8) is 0 Å². The first-order valence-electron chi connectivity index (χ1n) is 8.80. The van der Waals surface area contributed by atoms with E-state index in [2.05, 4.69) is 15.4 Å². The van der Waals surface area contributed by atoms with E-state index in [1.165, 1.54) is 25.7 Å². The summed E-state index contributed by atoms with van der Waals surface area (Å²) in [5, 5.41) is 7.19. The van der Waals surface area contributed by atoms with Gasteiger partial charge in [0.05, 0.1) is 13.2 Å². The molecule has 0 atom stereocenters. The van der Waals surface area contributed by atoms with E-state index in [1.807, 2.05) is 6.92 Å². The predicted molar refractivity (Wildman–Crippen MR) is 86.3 cm³/mol. The van der Waals surface area contributed by atoms with Gasteiger partial charge in [-0.15, -0.1) is 0 Å². The lowest BCUT2D eigenvalue weighted by molar-refractivity contribution is 0.0339. The van der Waals surface area contributed by atoms with Crippen molar-refractivity contribution in [3.05, 3.63) is 17.0 Å². The van der Waals surface area contributed by atoms with Gasteiger partial charge in [-0.3, -0.25) is 9.69 Å². The van der Waals surface area contributed by atoms with Crippen LogP contribution in [0.25, 0.3) is 0 Å².